The molecule has 1 aromatic carbocycles. The Morgan fingerprint density at radius 3 is 2.53 bits per heavy atom. The molecule has 0 fully saturated rings. The number of amides is 2. The molecule has 164 valence electrons. The number of hydrazine groups is 1. The number of aromatic nitrogens is 1. The first kappa shape index (κ1) is 23.2. The van der Waals surface area contributed by atoms with E-state index in [1.54, 1.807) is 17.5 Å². The van der Waals surface area contributed by atoms with Gasteiger partial charge in [-0.3, -0.25) is 20.4 Å². The highest BCUT2D eigenvalue weighted by Gasteiger charge is 2.36. The summed E-state index contributed by atoms with van der Waals surface area (Å²) in [6, 6.07) is 10.6. The number of nitrogens with zero attached hydrogens (tertiary/aromatic N) is 2. The monoisotopic (exact) mass is 480 g/mol. The summed E-state index contributed by atoms with van der Waals surface area (Å²) in [6.07, 6.45) is -4.80. The van der Waals surface area contributed by atoms with Gasteiger partial charge in [0, 0.05) is 0 Å². The molecule has 0 aliphatic rings. The number of hydrogen-bond acceptors (Lipinski definition) is 6. The molecule has 0 saturated heterocycles. The molecule has 0 aliphatic carbocycles. The predicted molar refractivity (Wildman–Crippen MR) is 110 cm³/mol. The standard InChI is InChI=1S/C20H12F4N4O2S2/c21-14-5-2-1-4-11(14)18(30)28-27-17(29)10-32-19-12(9-25)13(20(22,23)24)8-15(26-19)16-6-3-7-31-16/h1-8H,10H2,(H,27,29)(H,28,30). The first-order chi connectivity index (χ1) is 15.2. The van der Waals surface area contributed by atoms with Crippen molar-refractivity contribution in [3.05, 3.63) is 70.4 Å². The largest absolute Gasteiger partial charge is 0.417 e. The Morgan fingerprint density at radius 2 is 1.91 bits per heavy atom. The summed E-state index contributed by atoms with van der Waals surface area (Å²) in [6.45, 7) is 0. The van der Waals surface area contributed by atoms with Gasteiger partial charge in [0.15, 0.2) is 0 Å². The van der Waals surface area contributed by atoms with E-state index in [9.17, 15) is 32.4 Å². The molecule has 2 heterocycles. The molecule has 12 heteroatoms. The number of carbonyl (C=O) groups excluding carboxylic acids is 2. The number of benzene rings is 1. The Labute approximate surface area is 187 Å². The molecule has 0 atom stereocenters. The third kappa shape index (κ3) is 5.43. The van der Waals surface area contributed by atoms with Gasteiger partial charge in [-0.1, -0.05) is 30.0 Å². The van der Waals surface area contributed by atoms with Crippen molar-refractivity contribution in [2.24, 2.45) is 0 Å². The third-order valence-electron chi connectivity index (χ3n) is 3.95. The fraction of sp³-hybridized carbons (Fsp3) is 0.100. The van der Waals surface area contributed by atoms with Crippen LogP contribution in [0, 0.1) is 17.1 Å². The van der Waals surface area contributed by atoms with E-state index < -0.39 is 40.7 Å². The van der Waals surface area contributed by atoms with Crippen LogP contribution in [0.15, 0.2) is 52.9 Å². The zero-order chi connectivity index (χ0) is 23.3. The zero-order valence-electron chi connectivity index (χ0n) is 15.9. The van der Waals surface area contributed by atoms with Gasteiger partial charge in [0.2, 0.25) is 5.91 Å². The summed E-state index contributed by atoms with van der Waals surface area (Å²) in [5.74, 6) is -2.94. The molecule has 0 aliphatic heterocycles. The average molecular weight is 480 g/mol. The number of nitriles is 1. The van der Waals surface area contributed by atoms with Crippen molar-refractivity contribution < 1.29 is 27.2 Å². The number of carbonyl (C=O) groups is 2. The SMILES string of the molecule is N#Cc1c(C(F)(F)F)cc(-c2cccs2)nc1SCC(=O)NNC(=O)c1ccccc1F. The van der Waals surface area contributed by atoms with Gasteiger partial charge >= 0.3 is 6.18 Å². The Hall–Kier alpha value is -3.43. The van der Waals surface area contributed by atoms with Crippen molar-refractivity contribution in [2.45, 2.75) is 11.2 Å². The normalized spacial score (nSPS) is 11.0. The lowest BCUT2D eigenvalue weighted by Gasteiger charge is -2.14. The van der Waals surface area contributed by atoms with Gasteiger partial charge < -0.3 is 0 Å². The first-order valence-corrected chi connectivity index (χ1v) is 10.6. The minimum atomic E-state index is -4.80. The van der Waals surface area contributed by atoms with Crippen LogP contribution in [0.4, 0.5) is 17.6 Å². The number of thioether (sulfide) groups is 1. The van der Waals surface area contributed by atoms with E-state index in [0.717, 1.165) is 12.1 Å². The number of alkyl halides is 3. The van der Waals surface area contributed by atoms with Gasteiger partial charge in [-0.25, -0.2) is 9.37 Å². The van der Waals surface area contributed by atoms with E-state index in [0.29, 0.717) is 16.6 Å². The summed E-state index contributed by atoms with van der Waals surface area (Å²) < 4.78 is 54.1. The van der Waals surface area contributed by atoms with Crippen LogP contribution in [0.25, 0.3) is 10.6 Å². The Kier molecular flexibility index (Phi) is 7.12. The van der Waals surface area contributed by atoms with E-state index in [1.807, 2.05) is 10.9 Å². The lowest BCUT2D eigenvalue weighted by molar-refractivity contribution is -0.138. The minimum absolute atomic E-state index is 0.0158. The average Bonchev–Trinajstić information content (AvgIpc) is 3.30. The molecule has 3 rings (SSSR count). The van der Waals surface area contributed by atoms with Gasteiger partial charge in [0.25, 0.3) is 5.91 Å². The van der Waals surface area contributed by atoms with Crippen LogP contribution < -0.4 is 10.9 Å². The van der Waals surface area contributed by atoms with E-state index in [2.05, 4.69) is 4.98 Å². The van der Waals surface area contributed by atoms with Crippen LogP contribution in [0.5, 0.6) is 0 Å². The second kappa shape index (κ2) is 9.80. The van der Waals surface area contributed by atoms with E-state index >= 15 is 0 Å². The molecular formula is C20H12F4N4O2S2. The van der Waals surface area contributed by atoms with Crippen LogP contribution in [0.3, 0.4) is 0 Å². The van der Waals surface area contributed by atoms with Gasteiger partial charge in [0.05, 0.1) is 33.0 Å². The molecule has 0 radical (unpaired) electrons. The number of rotatable bonds is 5. The molecule has 2 aromatic heterocycles. The molecular weight excluding hydrogens is 468 g/mol. The molecule has 32 heavy (non-hydrogen) atoms. The molecule has 3 aromatic rings. The number of thiophene rings is 1. The number of halogens is 4. The summed E-state index contributed by atoms with van der Waals surface area (Å²) in [5, 5.41) is 10.7. The summed E-state index contributed by atoms with van der Waals surface area (Å²) in [7, 11) is 0. The molecule has 0 spiro atoms. The maximum atomic E-state index is 13.6. The van der Waals surface area contributed by atoms with E-state index in [-0.39, 0.29) is 16.3 Å². The second-order valence-electron chi connectivity index (χ2n) is 6.09. The molecule has 6 nitrogen and oxygen atoms in total. The third-order valence-corrected chi connectivity index (χ3v) is 5.82. The van der Waals surface area contributed by atoms with Crippen molar-refractivity contribution in [1.29, 1.82) is 5.26 Å². The highest BCUT2D eigenvalue weighted by atomic mass is 32.2. The Balaban J connectivity index is 1.75. The topological polar surface area (TPSA) is 94.9 Å². The van der Waals surface area contributed by atoms with Crippen molar-refractivity contribution in [3.63, 3.8) is 0 Å². The molecule has 2 N–H and O–H groups in total. The molecule has 0 bridgehead atoms. The van der Waals surface area contributed by atoms with E-state index in [4.69, 9.17) is 0 Å². The maximum absolute atomic E-state index is 13.6. The second-order valence-corrected chi connectivity index (χ2v) is 8.00. The molecule has 2 amide bonds. The van der Waals surface area contributed by atoms with Gasteiger partial charge in [-0.05, 0) is 29.6 Å². The van der Waals surface area contributed by atoms with Crippen LogP contribution in [0.2, 0.25) is 0 Å². The van der Waals surface area contributed by atoms with E-state index in [1.165, 1.54) is 35.6 Å². The van der Waals surface area contributed by atoms with Gasteiger partial charge in [0.1, 0.15) is 16.9 Å². The zero-order valence-corrected chi connectivity index (χ0v) is 17.5. The Morgan fingerprint density at radius 1 is 1.16 bits per heavy atom. The van der Waals surface area contributed by atoms with Crippen LogP contribution in [-0.2, 0) is 11.0 Å². The summed E-state index contributed by atoms with van der Waals surface area (Å²) in [5.41, 5.74) is 1.92. The van der Waals surface area contributed by atoms with Crippen LogP contribution >= 0.6 is 23.1 Å². The van der Waals surface area contributed by atoms with Crippen molar-refractivity contribution in [2.75, 3.05) is 5.75 Å². The highest BCUT2D eigenvalue weighted by Crippen LogP contribution is 2.38. The number of hydrogen-bond donors (Lipinski definition) is 2. The number of pyridine rings is 1. The van der Waals surface area contributed by atoms with Gasteiger partial charge in [-0.15, -0.1) is 11.3 Å². The maximum Gasteiger partial charge on any atom is 0.417 e. The van der Waals surface area contributed by atoms with Crippen molar-refractivity contribution in [1.82, 2.24) is 15.8 Å². The van der Waals surface area contributed by atoms with Crippen LogP contribution in [0.1, 0.15) is 21.5 Å². The molecule has 0 unspecified atom stereocenters. The highest BCUT2D eigenvalue weighted by molar-refractivity contribution is 8.00. The van der Waals surface area contributed by atoms with Crippen molar-refractivity contribution in [3.8, 4) is 16.6 Å². The lowest BCUT2D eigenvalue weighted by atomic mass is 10.1. The first-order valence-electron chi connectivity index (χ1n) is 8.73. The minimum Gasteiger partial charge on any atom is -0.272 e. The summed E-state index contributed by atoms with van der Waals surface area (Å²) >= 11 is 1.78. The Bertz CT molecular complexity index is 1190. The lowest BCUT2D eigenvalue weighted by Crippen LogP contribution is -2.42. The number of nitrogens with one attached hydrogen (secondary N) is 2. The quantitative estimate of drug-likeness (QED) is 0.321. The molecule has 0 saturated carbocycles. The predicted octanol–water partition coefficient (Wildman–Crippen LogP) is 4.39. The van der Waals surface area contributed by atoms with Crippen molar-refractivity contribution >= 4 is 34.9 Å². The summed E-state index contributed by atoms with van der Waals surface area (Å²) in [4.78, 5) is 28.6. The van der Waals surface area contributed by atoms with Crippen LogP contribution in [-0.4, -0.2) is 22.6 Å². The van der Waals surface area contributed by atoms with Gasteiger partial charge in [-0.2, -0.15) is 18.4 Å². The fourth-order valence-corrected chi connectivity index (χ4v) is 4.01. The fourth-order valence-electron chi connectivity index (χ4n) is 2.52. The smallest absolute Gasteiger partial charge is 0.272 e.